The zero-order valence-electron chi connectivity index (χ0n) is 14.5. The third-order valence-electron chi connectivity index (χ3n) is 3.79. The van der Waals surface area contributed by atoms with E-state index < -0.39 is 0 Å². The molecule has 5 heteroatoms. The van der Waals surface area contributed by atoms with Crippen molar-refractivity contribution in [3.05, 3.63) is 72.4 Å². The van der Waals surface area contributed by atoms with Crippen molar-refractivity contribution < 1.29 is 14.3 Å². The van der Waals surface area contributed by atoms with Gasteiger partial charge in [0.1, 0.15) is 12.3 Å². The molecule has 0 saturated carbocycles. The highest BCUT2D eigenvalue weighted by Gasteiger charge is 2.07. The van der Waals surface area contributed by atoms with Gasteiger partial charge in [-0.05, 0) is 34.5 Å². The molecule has 1 heterocycles. The maximum absolute atomic E-state index is 12.3. The number of fused-ring (bicyclic) bond motifs is 1. The van der Waals surface area contributed by atoms with E-state index in [9.17, 15) is 4.79 Å². The number of methoxy groups -OCH3 is 1. The average molecular weight is 348 g/mol. The van der Waals surface area contributed by atoms with Gasteiger partial charge in [-0.2, -0.15) is 0 Å². The van der Waals surface area contributed by atoms with E-state index in [-0.39, 0.29) is 5.91 Å². The van der Waals surface area contributed by atoms with Crippen LogP contribution in [0.15, 0.2) is 66.9 Å². The fourth-order valence-corrected chi connectivity index (χ4v) is 2.56. The van der Waals surface area contributed by atoms with E-state index in [4.69, 9.17) is 9.47 Å². The first-order chi connectivity index (χ1) is 12.8. The van der Waals surface area contributed by atoms with Gasteiger partial charge in [0.05, 0.1) is 6.61 Å². The number of carbonyl (C=O) groups is 1. The number of aromatic nitrogens is 1. The Kier molecular flexibility index (Phi) is 5.96. The molecule has 3 rings (SSSR count). The minimum Gasteiger partial charge on any atom is -0.474 e. The van der Waals surface area contributed by atoms with Gasteiger partial charge in [-0.3, -0.25) is 4.79 Å². The second-order valence-electron chi connectivity index (χ2n) is 5.59. The number of anilines is 1. The van der Waals surface area contributed by atoms with E-state index >= 15 is 0 Å². The lowest BCUT2D eigenvalue weighted by molar-refractivity contribution is -0.111. The Labute approximate surface area is 152 Å². The van der Waals surface area contributed by atoms with Crippen LogP contribution in [0.3, 0.4) is 0 Å². The number of rotatable bonds is 7. The van der Waals surface area contributed by atoms with Crippen LogP contribution in [0.4, 0.5) is 5.69 Å². The van der Waals surface area contributed by atoms with Gasteiger partial charge in [0, 0.05) is 19.4 Å². The molecule has 0 fully saturated rings. The highest BCUT2D eigenvalue weighted by Crippen LogP contribution is 2.22. The first-order valence-electron chi connectivity index (χ1n) is 8.31. The van der Waals surface area contributed by atoms with Crippen LogP contribution in [-0.4, -0.2) is 31.2 Å². The summed E-state index contributed by atoms with van der Waals surface area (Å²) in [6.07, 6.45) is 4.93. The van der Waals surface area contributed by atoms with Crippen molar-refractivity contribution in [2.24, 2.45) is 0 Å². The fraction of sp³-hybridized carbons (Fsp3) is 0.143. The second-order valence-corrected chi connectivity index (χ2v) is 5.59. The van der Waals surface area contributed by atoms with Gasteiger partial charge >= 0.3 is 0 Å². The zero-order chi connectivity index (χ0) is 18.2. The average Bonchev–Trinajstić information content (AvgIpc) is 2.68. The van der Waals surface area contributed by atoms with Crippen LogP contribution in [-0.2, 0) is 9.53 Å². The third kappa shape index (κ3) is 4.46. The number of ether oxygens (including phenoxy) is 2. The Balaban J connectivity index is 1.72. The van der Waals surface area contributed by atoms with Crippen molar-refractivity contribution in [2.45, 2.75) is 0 Å². The monoisotopic (exact) mass is 348 g/mol. The normalized spacial score (nSPS) is 11.0. The summed E-state index contributed by atoms with van der Waals surface area (Å²) >= 11 is 0. The summed E-state index contributed by atoms with van der Waals surface area (Å²) in [4.78, 5) is 16.4. The summed E-state index contributed by atoms with van der Waals surface area (Å²) in [6.45, 7) is 0.813. The number of hydrogen-bond donors (Lipinski definition) is 1. The topological polar surface area (TPSA) is 60.5 Å². The molecule has 5 nitrogen and oxygen atoms in total. The van der Waals surface area contributed by atoms with E-state index in [0.29, 0.717) is 24.8 Å². The summed E-state index contributed by atoms with van der Waals surface area (Å²) in [6, 6.07) is 17.6. The highest BCUT2D eigenvalue weighted by molar-refractivity contribution is 6.04. The van der Waals surface area contributed by atoms with E-state index in [0.717, 1.165) is 16.3 Å². The molecule has 0 atom stereocenters. The van der Waals surface area contributed by atoms with E-state index in [1.165, 1.54) is 6.08 Å². The van der Waals surface area contributed by atoms with Gasteiger partial charge in [0.2, 0.25) is 11.8 Å². The summed E-state index contributed by atoms with van der Waals surface area (Å²) in [7, 11) is 1.60. The van der Waals surface area contributed by atoms with Gasteiger partial charge < -0.3 is 14.8 Å². The largest absolute Gasteiger partial charge is 0.474 e. The highest BCUT2D eigenvalue weighted by atomic mass is 16.5. The van der Waals surface area contributed by atoms with Gasteiger partial charge in [0.15, 0.2) is 0 Å². The minimum absolute atomic E-state index is 0.248. The molecule has 0 aliphatic carbocycles. The van der Waals surface area contributed by atoms with E-state index in [2.05, 4.69) is 10.3 Å². The van der Waals surface area contributed by atoms with Crippen LogP contribution < -0.4 is 10.1 Å². The molecule has 0 saturated heterocycles. The molecule has 26 heavy (non-hydrogen) atoms. The quantitative estimate of drug-likeness (QED) is 0.519. The Hall–Kier alpha value is -3.18. The molecule has 0 bridgehead atoms. The maximum atomic E-state index is 12.3. The lowest BCUT2D eigenvalue weighted by Gasteiger charge is -2.09. The van der Waals surface area contributed by atoms with Crippen molar-refractivity contribution in [2.75, 3.05) is 25.6 Å². The molecule has 1 amide bonds. The van der Waals surface area contributed by atoms with Crippen LogP contribution in [0, 0.1) is 0 Å². The molecule has 1 N–H and O–H groups in total. The third-order valence-corrected chi connectivity index (χ3v) is 3.79. The number of nitrogens with zero attached hydrogens (tertiary/aromatic N) is 1. The summed E-state index contributed by atoms with van der Waals surface area (Å²) in [5.41, 5.74) is 1.51. The second kappa shape index (κ2) is 8.78. The Morgan fingerprint density at radius 3 is 2.81 bits per heavy atom. The maximum Gasteiger partial charge on any atom is 0.248 e. The lowest BCUT2D eigenvalue weighted by Crippen LogP contribution is -2.12. The predicted molar refractivity (Wildman–Crippen MR) is 103 cm³/mol. The van der Waals surface area contributed by atoms with Gasteiger partial charge in [-0.1, -0.05) is 42.5 Å². The van der Waals surface area contributed by atoms with E-state index in [1.54, 1.807) is 31.5 Å². The lowest BCUT2D eigenvalue weighted by atomic mass is 10.0. The van der Waals surface area contributed by atoms with Crippen LogP contribution >= 0.6 is 0 Å². The van der Waals surface area contributed by atoms with Crippen LogP contribution in [0.25, 0.3) is 16.8 Å². The summed E-state index contributed by atoms with van der Waals surface area (Å²) in [5.74, 6) is 0.124. The minimum atomic E-state index is -0.248. The smallest absolute Gasteiger partial charge is 0.248 e. The Morgan fingerprint density at radius 1 is 1.08 bits per heavy atom. The molecule has 0 aliphatic rings. The SMILES string of the molecule is COCCOc1ncccc1NC(=O)/C=C/c1cccc2ccccc12. The van der Waals surface area contributed by atoms with Gasteiger partial charge in [-0.15, -0.1) is 0 Å². The number of amides is 1. The molecule has 3 aromatic rings. The number of carbonyl (C=O) groups excluding carboxylic acids is 1. The standard InChI is InChI=1S/C21H20N2O3/c1-25-14-15-26-21-19(10-5-13-22-21)23-20(24)12-11-17-8-4-7-16-6-2-3-9-18(16)17/h2-13H,14-15H2,1H3,(H,23,24)/b12-11+. The van der Waals surface area contributed by atoms with Crippen molar-refractivity contribution >= 4 is 28.4 Å². The van der Waals surface area contributed by atoms with Crippen molar-refractivity contribution in [1.29, 1.82) is 0 Å². The first kappa shape index (κ1) is 17.6. The molecule has 0 radical (unpaired) electrons. The molecule has 0 unspecified atom stereocenters. The van der Waals surface area contributed by atoms with Gasteiger partial charge in [-0.25, -0.2) is 4.98 Å². The number of pyridine rings is 1. The molecule has 0 aliphatic heterocycles. The number of benzene rings is 2. The summed E-state index contributed by atoms with van der Waals surface area (Å²) < 4.78 is 10.5. The van der Waals surface area contributed by atoms with Crippen molar-refractivity contribution in [3.63, 3.8) is 0 Å². The Bertz CT molecular complexity index is 917. The van der Waals surface area contributed by atoms with Gasteiger partial charge in [0.25, 0.3) is 0 Å². The van der Waals surface area contributed by atoms with Crippen LogP contribution in [0.2, 0.25) is 0 Å². The molecule has 2 aromatic carbocycles. The first-order valence-corrected chi connectivity index (χ1v) is 8.31. The Morgan fingerprint density at radius 2 is 1.92 bits per heavy atom. The summed E-state index contributed by atoms with van der Waals surface area (Å²) in [5, 5.41) is 5.04. The molecule has 132 valence electrons. The van der Waals surface area contributed by atoms with E-state index in [1.807, 2.05) is 42.5 Å². The molecular weight excluding hydrogens is 328 g/mol. The number of nitrogens with one attached hydrogen (secondary N) is 1. The van der Waals surface area contributed by atoms with Crippen LogP contribution in [0.1, 0.15) is 5.56 Å². The fourth-order valence-electron chi connectivity index (χ4n) is 2.56. The molecular formula is C21H20N2O3. The predicted octanol–water partition coefficient (Wildman–Crippen LogP) is 3.91. The molecule has 1 aromatic heterocycles. The number of hydrogen-bond acceptors (Lipinski definition) is 4. The van der Waals surface area contributed by atoms with Crippen molar-refractivity contribution in [1.82, 2.24) is 4.98 Å². The van der Waals surface area contributed by atoms with Crippen LogP contribution in [0.5, 0.6) is 5.88 Å². The zero-order valence-corrected chi connectivity index (χ0v) is 14.5. The molecule has 0 spiro atoms. The van der Waals surface area contributed by atoms with Crippen molar-refractivity contribution in [3.8, 4) is 5.88 Å².